The van der Waals surface area contributed by atoms with Gasteiger partial charge >= 0.3 is 0 Å². The number of hydrogen-bond acceptors (Lipinski definition) is 6. The second-order valence-corrected chi connectivity index (χ2v) is 8.82. The number of sulfonamides is 1. The van der Waals surface area contributed by atoms with E-state index in [1.54, 1.807) is 0 Å². The number of amides is 1. The minimum Gasteiger partial charge on any atom is -0.379 e. The number of aromatic amines is 2. The molecule has 1 amide bonds. The third-order valence-electron chi connectivity index (χ3n) is 4.61. The molecule has 3 N–H and O–H groups in total. The summed E-state index contributed by atoms with van der Waals surface area (Å²) in [5, 5.41) is 9.65. The molecule has 0 unspecified atom stereocenters. The minimum atomic E-state index is -3.64. The highest BCUT2D eigenvalue weighted by Crippen LogP contribution is 2.35. The first kappa shape index (κ1) is 18.3. The number of carbonyl (C=O) groups excluding carboxylic acids is 1. The zero-order chi connectivity index (χ0) is 19.0. The predicted molar refractivity (Wildman–Crippen MR) is 97.2 cm³/mol. The van der Waals surface area contributed by atoms with Gasteiger partial charge in [-0.2, -0.15) is 9.40 Å². The predicted octanol–water partition coefficient (Wildman–Crippen LogP) is 0.555. The van der Waals surface area contributed by atoms with Crippen LogP contribution >= 0.6 is 12.2 Å². The van der Waals surface area contributed by atoms with Gasteiger partial charge in [0.15, 0.2) is 10.6 Å². The van der Waals surface area contributed by atoms with Crippen molar-refractivity contribution in [3.63, 3.8) is 0 Å². The average molecular weight is 412 g/mol. The first-order valence-electron chi connectivity index (χ1n) is 8.67. The highest BCUT2D eigenvalue weighted by atomic mass is 32.2. The molecule has 2 aromatic heterocycles. The van der Waals surface area contributed by atoms with Gasteiger partial charge in [-0.1, -0.05) is 0 Å². The number of nitrogens with one attached hydrogen (secondary N) is 3. The van der Waals surface area contributed by atoms with Crippen molar-refractivity contribution in [3.05, 3.63) is 28.6 Å². The molecule has 12 heteroatoms. The van der Waals surface area contributed by atoms with Crippen molar-refractivity contribution in [2.45, 2.75) is 30.3 Å². The molecule has 10 nitrogen and oxygen atoms in total. The highest BCUT2D eigenvalue weighted by molar-refractivity contribution is 7.89. The Kier molecular flexibility index (Phi) is 4.88. The lowest BCUT2D eigenvalue weighted by atomic mass is 10.4. The zero-order valence-corrected chi connectivity index (χ0v) is 16.1. The molecule has 1 aliphatic carbocycles. The van der Waals surface area contributed by atoms with E-state index in [0.29, 0.717) is 42.9 Å². The van der Waals surface area contributed by atoms with Crippen LogP contribution in [0.15, 0.2) is 17.2 Å². The lowest BCUT2D eigenvalue weighted by Crippen LogP contribution is -2.40. The van der Waals surface area contributed by atoms with Gasteiger partial charge in [0.05, 0.1) is 19.8 Å². The van der Waals surface area contributed by atoms with Crippen LogP contribution in [0.4, 0.5) is 0 Å². The van der Waals surface area contributed by atoms with E-state index in [-0.39, 0.29) is 17.1 Å². The highest BCUT2D eigenvalue weighted by Gasteiger charge is 2.29. The Morgan fingerprint density at radius 1 is 1.37 bits per heavy atom. The van der Waals surface area contributed by atoms with Gasteiger partial charge in [0.2, 0.25) is 10.0 Å². The fraction of sp³-hybridized carbons (Fsp3) is 0.533. The quantitative estimate of drug-likeness (QED) is 0.595. The summed E-state index contributed by atoms with van der Waals surface area (Å²) in [6.07, 6.45) is 3.43. The molecular weight excluding hydrogens is 392 g/mol. The number of ether oxygens (including phenoxy) is 1. The van der Waals surface area contributed by atoms with E-state index in [0.717, 1.165) is 12.8 Å². The molecule has 0 atom stereocenters. The smallest absolute Gasteiger partial charge is 0.268 e. The standard InChI is InChI=1S/C15H20N6O4S2/c22-14(17-9-13-18-19-15(26)21(13)10-1-2-10)12-7-11(8-16-12)27(23,24)20-3-5-25-6-4-20/h7-8,10,16H,1-6,9H2,(H,17,22)(H,19,26). The van der Waals surface area contributed by atoms with Gasteiger partial charge in [-0.15, -0.1) is 0 Å². The summed E-state index contributed by atoms with van der Waals surface area (Å²) in [6, 6.07) is 1.69. The molecule has 146 valence electrons. The average Bonchev–Trinajstić information content (AvgIpc) is 3.24. The van der Waals surface area contributed by atoms with Crippen molar-refractivity contribution in [1.29, 1.82) is 0 Å². The lowest BCUT2D eigenvalue weighted by Gasteiger charge is -2.25. The molecule has 0 bridgehead atoms. The Morgan fingerprint density at radius 3 is 2.81 bits per heavy atom. The van der Waals surface area contributed by atoms with Gasteiger partial charge in [0, 0.05) is 25.3 Å². The number of rotatable bonds is 6. The molecule has 1 saturated carbocycles. The maximum Gasteiger partial charge on any atom is 0.268 e. The van der Waals surface area contributed by atoms with E-state index >= 15 is 0 Å². The Balaban J connectivity index is 1.44. The number of hydrogen-bond donors (Lipinski definition) is 3. The van der Waals surface area contributed by atoms with Crippen LogP contribution in [0.2, 0.25) is 0 Å². The van der Waals surface area contributed by atoms with Crippen LogP contribution in [0, 0.1) is 4.77 Å². The minimum absolute atomic E-state index is 0.0650. The summed E-state index contributed by atoms with van der Waals surface area (Å²) in [4.78, 5) is 15.2. The molecule has 27 heavy (non-hydrogen) atoms. The van der Waals surface area contributed by atoms with E-state index in [9.17, 15) is 13.2 Å². The van der Waals surface area contributed by atoms with E-state index < -0.39 is 15.9 Å². The molecule has 0 aromatic carbocycles. The summed E-state index contributed by atoms with van der Waals surface area (Å²) < 4.78 is 34.2. The Bertz CT molecular complexity index is 998. The van der Waals surface area contributed by atoms with Gasteiger partial charge in [-0.05, 0) is 31.1 Å². The van der Waals surface area contributed by atoms with Gasteiger partial charge in [-0.25, -0.2) is 8.42 Å². The van der Waals surface area contributed by atoms with Gasteiger partial charge < -0.3 is 15.0 Å². The van der Waals surface area contributed by atoms with Crippen LogP contribution in [0.3, 0.4) is 0 Å². The molecule has 2 fully saturated rings. The number of morpholine rings is 1. The van der Waals surface area contributed by atoms with Crippen molar-refractivity contribution >= 4 is 28.1 Å². The molecule has 1 aliphatic heterocycles. The summed E-state index contributed by atoms with van der Waals surface area (Å²) in [6.45, 7) is 1.55. The van der Waals surface area contributed by atoms with Crippen molar-refractivity contribution in [2.75, 3.05) is 26.3 Å². The largest absolute Gasteiger partial charge is 0.379 e. The van der Waals surface area contributed by atoms with Crippen LogP contribution < -0.4 is 5.32 Å². The number of H-pyrrole nitrogens is 2. The molecule has 2 aliphatic rings. The Hall–Kier alpha value is -2.02. The van der Waals surface area contributed by atoms with Gasteiger partial charge in [-0.3, -0.25) is 14.5 Å². The monoisotopic (exact) mass is 412 g/mol. The van der Waals surface area contributed by atoms with Crippen LogP contribution in [0.1, 0.15) is 35.2 Å². The second-order valence-electron chi connectivity index (χ2n) is 6.49. The van der Waals surface area contributed by atoms with Crippen molar-refractivity contribution in [2.24, 2.45) is 0 Å². The summed E-state index contributed by atoms with van der Waals surface area (Å²) in [5.74, 6) is 0.248. The number of nitrogens with zero attached hydrogens (tertiary/aromatic N) is 3. The van der Waals surface area contributed by atoms with Crippen molar-refractivity contribution in [1.82, 2.24) is 29.4 Å². The molecule has 3 heterocycles. The maximum absolute atomic E-state index is 12.6. The molecule has 0 radical (unpaired) electrons. The zero-order valence-electron chi connectivity index (χ0n) is 14.5. The van der Waals surface area contributed by atoms with Crippen LogP contribution in [0.5, 0.6) is 0 Å². The van der Waals surface area contributed by atoms with E-state index in [1.807, 2.05) is 4.57 Å². The topological polar surface area (TPSA) is 125 Å². The second kappa shape index (κ2) is 7.19. The summed E-state index contributed by atoms with van der Waals surface area (Å²) in [7, 11) is -3.64. The third kappa shape index (κ3) is 3.70. The first-order valence-corrected chi connectivity index (χ1v) is 10.5. The third-order valence-corrected chi connectivity index (χ3v) is 6.77. The van der Waals surface area contributed by atoms with E-state index in [4.69, 9.17) is 17.0 Å². The van der Waals surface area contributed by atoms with Gasteiger partial charge in [0.1, 0.15) is 10.6 Å². The molecule has 1 saturated heterocycles. The Labute approximate surface area is 161 Å². The van der Waals surface area contributed by atoms with Gasteiger partial charge in [0.25, 0.3) is 5.91 Å². The SMILES string of the molecule is O=C(NCc1n[nH]c(=S)n1C1CC1)c1cc(S(=O)(=O)N2CCOCC2)c[nH]1. The summed E-state index contributed by atoms with van der Waals surface area (Å²) >= 11 is 5.21. The van der Waals surface area contributed by atoms with Crippen LogP contribution in [-0.2, 0) is 21.3 Å². The van der Waals surface area contributed by atoms with Crippen LogP contribution in [-0.4, -0.2) is 64.7 Å². The van der Waals surface area contributed by atoms with E-state index in [2.05, 4.69) is 20.5 Å². The fourth-order valence-corrected chi connectivity index (χ4v) is 4.72. The molecule has 0 spiro atoms. The number of aromatic nitrogens is 4. The van der Waals surface area contributed by atoms with Crippen molar-refractivity contribution < 1.29 is 17.9 Å². The molecular formula is C15H20N6O4S2. The maximum atomic E-state index is 12.6. The first-order chi connectivity index (χ1) is 13.0. The normalized spacial score (nSPS) is 18.5. The lowest BCUT2D eigenvalue weighted by molar-refractivity contribution is 0.0730. The fourth-order valence-electron chi connectivity index (χ4n) is 3.02. The molecule has 2 aromatic rings. The van der Waals surface area contributed by atoms with E-state index in [1.165, 1.54) is 16.6 Å². The molecule has 4 rings (SSSR count). The number of carbonyl (C=O) groups is 1. The summed E-state index contributed by atoms with van der Waals surface area (Å²) in [5.41, 5.74) is 0.175. The van der Waals surface area contributed by atoms with Crippen LogP contribution in [0.25, 0.3) is 0 Å². The van der Waals surface area contributed by atoms with Crippen molar-refractivity contribution in [3.8, 4) is 0 Å². The Morgan fingerprint density at radius 2 is 2.11 bits per heavy atom.